The summed E-state index contributed by atoms with van der Waals surface area (Å²) in [7, 11) is 0. The summed E-state index contributed by atoms with van der Waals surface area (Å²) in [5.41, 5.74) is -1.51. The Balaban J connectivity index is 4.84. The lowest BCUT2D eigenvalue weighted by molar-refractivity contribution is -0.145. The molecule has 0 aliphatic rings. The number of aliphatic carboxylic acids is 1. The van der Waals surface area contributed by atoms with E-state index in [9.17, 15) is 14.4 Å². The van der Waals surface area contributed by atoms with E-state index < -0.39 is 28.7 Å². The summed E-state index contributed by atoms with van der Waals surface area (Å²) in [6.07, 6.45) is -0.233. The lowest BCUT2D eigenvalue weighted by Crippen LogP contribution is -2.48. The SMILES string of the molecule is CC(C)(C)C(=O)CC(NC(=O)C(C)(C)CCl)C(=O)O. The molecule has 0 spiro atoms. The van der Waals surface area contributed by atoms with Crippen LogP contribution in [-0.2, 0) is 14.4 Å². The zero-order valence-electron chi connectivity index (χ0n) is 12.0. The molecule has 0 aliphatic carbocycles. The predicted molar refractivity (Wildman–Crippen MR) is 73.1 cm³/mol. The number of rotatable bonds is 6. The van der Waals surface area contributed by atoms with Crippen LogP contribution in [0.1, 0.15) is 41.0 Å². The number of halogens is 1. The highest BCUT2D eigenvalue weighted by Crippen LogP contribution is 2.20. The number of hydrogen-bond acceptors (Lipinski definition) is 3. The van der Waals surface area contributed by atoms with Crippen LogP contribution in [0.15, 0.2) is 0 Å². The minimum absolute atomic E-state index is 0.0678. The summed E-state index contributed by atoms with van der Waals surface area (Å²) in [4.78, 5) is 34.8. The van der Waals surface area contributed by atoms with Gasteiger partial charge < -0.3 is 10.4 Å². The second-order valence-corrected chi connectivity index (χ2v) is 6.53. The number of amides is 1. The van der Waals surface area contributed by atoms with Crippen molar-refractivity contribution in [1.29, 1.82) is 0 Å². The Kier molecular flexibility index (Phi) is 6.00. The number of alkyl halides is 1. The van der Waals surface area contributed by atoms with E-state index in [0.29, 0.717) is 0 Å². The van der Waals surface area contributed by atoms with E-state index >= 15 is 0 Å². The number of nitrogens with one attached hydrogen (secondary N) is 1. The van der Waals surface area contributed by atoms with Crippen molar-refractivity contribution in [2.45, 2.75) is 47.1 Å². The highest BCUT2D eigenvalue weighted by molar-refractivity contribution is 6.19. The van der Waals surface area contributed by atoms with Crippen LogP contribution >= 0.6 is 11.6 Å². The van der Waals surface area contributed by atoms with Crippen LogP contribution in [0, 0.1) is 10.8 Å². The second kappa shape index (κ2) is 6.37. The summed E-state index contributed by atoms with van der Waals surface area (Å²) < 4.78 is 0. The Morgan fingerprint density at radius 2 is 1.63 bits per heavy atom. The van der Waals surface area contributed by atoms with Crippen molar-refractivity contribution < 1.29 is 19.5 Å². The summed E-state index contributed by atoms with van der Waals surface area (Å²) in [5, 5.41) is 11.4. The van der Waals surface area contributed by atoms with Gasteiger partial charge in [0, 0.05) is 17.7 Å². The summed E-state index contributed by atoms with van der Waals surface area (Å²) in [6.45, 7) is 8.34. The minimum atomic E-state index is -1.23. The predicted octanol–water partition coefficient (Wildman–Crippen LogP) is 1.83. The molecule has 19 heavy (non-hydrogen) atoms. The highest BCUT2D eigenvalue weighted by Gasteiger charge is 2.33. The molecule has 0 aliphatic heterocycles. The van der Waals surface area contributed by atoms with Gasteiger partial charge in [-0.25, -0.2) is 4.79 Å². The van der Waals surface area contributed by atoms with E-state index in [4.69, 9.17) is 16.7 Å². The normalized spacial score (nSPS) is 13.8. The maximum Gasteiger partial charge on any atom is 0.326 e. The summed E-state index contributed by atoms with van der Waals surface area (Å²) >= 11 is 5.65. The fourth-order valence-corrected chi connectivity index (χ4v) is 1.23. The van der Waals surface area contributed by atoms with Crippen molar-refractivity contribution in [2.24, 2.45) is 10.8 Å². The van der Waals surface area contributed by atoms with Crippen LogP contribution in [0.3, 0.4) is 0 Å². The Bertz CT molecular complexity index is 371. The molecule has 1 atom stereocenters. The number of ketones is 1. The zero-order valence-corrected chi connectivity index (χ0v) is 12.8. The molecule has 0 bridgehead atoms. The van der Waals surface area contributed by atoms with Crippen LogP contribution in [0.25, 0.3) is 0 Å². The van der Waals surface area contributed by atoms with Gasteiger partial charge >= 0.3 is 5.97 Å². The van der Waals surface area contributed by atoms with Gasteiger partial charge in [-0.1, -0.05) is 20.8 Å². The van der Waals surface area contributed by atoms with E-state index in [-0.39, 0.29) is 18.1 Å². The lowest BCUT2D eigenvalue weighted by Gasteiger charge is -2.25. The third-order valence-electron chi connectivity index (χ3n) is 2.78. The molecule has 0 fully saturated rings. The molecule has 0 radical (unpaired) electrons. The Labute approximate surface area is 118 Å². The highest BCUT2D eigenvalue weighted by atomic mass is 35.5. The molecule has 1 amide bonds. The monoisotopic (exact) mass is 291 g/mol. The van der Waals surface area contributed by atoms with Gasteiger partial charge in [-0.15, -0.1) is 11.6 Å². The molecule has 0 heterocycles. The number of Topliss-reactive ketones (excluding diaryl/α,β-unsaturated/α-hetero) is 1. The Morgan fingerprint density at radius 1 is 1.16 bits per heavy atom. The molecule has 0 aromatic heterocycles. The number of hydrogen-bond donors (Lipinski definition) is 2. The minimum Gasteiger partial charge on any atom is -0.480 e. The van der Waals surface area contributed by atoms with Crippen molar-refractivity contribution in [3.8, 4) is 0 Å². The smallest absolute Gasteiger partial charge is 0.326 e. The average molecular weight is 292 g/mol. The lowest BCUT2D eigenvalue weighted by atomic mass is 9.86. The second-order valence-electron chi connectivity index (χ2n) is 6.26. The van der Waals surface area contributed by atoms with Crippen LogP contribution in [-0.4, -0.2) is 34.7 Å². The summed E-state index contributed by atoms with van der Waals surface area (Å²) in [5.74, 6) is -1.85. The number of carboxylic acids is 1. The first-order chi connectivity index (χ1) is 8.41. The maximum atomic E-state index is 11.9. The third kappa shape index (κ3) is 5.59. The molecule has 0 saturated carbocycles. The van der Waals surface area contributed by atoms with Crippen molar-refractivity contribution in [3.05, 3.63) is 0 Å². The van der Waals surface area contributed by atoms with Crippen molar-refractivity contribution in [1.82, 2.24) is 5.32 Å². The first-order valence-electron chi connectivity index (χ1n) is 6.05. The standard InChI is InChI=1S/C13H22ClNO4/c1-12(2,3)9(16)6-8(10(17)18)15-11(19)13(4,5)7-14/h8H,6-7H2,1-5H3,(H,15,19)(H,17,18). The first-order valence-corrected chi connectivity index (χ1v) is 6.58. The molecule has 2 N–H and O–H groups in total. The van der Waals surface area contributed by atoms with E-state index in [1.807, 2.05) is 0 Å². The Morgan fingerprint density at radius 3 is 1.95 bits per heavy atom. The van der Waals surface area contributed by atoms with Gasteiger partial charge in [-0.05, 0) is 13.8 Å². The van der Waals surface area contributed by atoms with Gasteiger partial charge in [-0.2, -0.15) is 0 Å². The van der Waals surface area contributed by atoms with Gasteiger partial charge in [0.15, 0.2) is 0 Å². The molecule has 110 valence electrons. The van der Waals surface area contributed by atoms with Gasteiger partial charge in [0.25, 0.3) is 0 Å². The maximum absolute atomic E-state index is 11.9. The fraction of sp³-hybridized carbons (Fsp3) is 0.769. The van der Waals surface area contributed by atoms with Crippen molar-refractivity contribution in [3.63, 3.8) is 0 Å². The summed E-state index contributed by atoms with van der Waals surface area (Å²) in [6, 6.07) is -1.22. The van der Waals surface area contributed by atoms with Crippen molar-refractivity contribution >= 4 is 29.3 Å². The van der Waals surface area contributed by atoms with Crippen LogP contribution in [0.5, 0.6) is 0 Å². The van der Waals surface area contributed by atoms with Crippen molar-refractivity contribution in [2.75, 3.05) is 5.88 Å². The molecule has 6 heteroatoms. The zero-order chi connectivity index (χ0) is 15.4. The largest absolute Gasteiger partial charge is 0.480 e. The molecular weight excluding hydrogens is 270 g/mol. The molecule has 1 unspecified atom stereocenters. The molecular formula is C13H22ClNO4. The van der Waals surface area contributed by atoms with Gasteiger partial charge in [0.05, 0.1) is 5.41 Å². The van der Waals surface area contributed by atoms with Crippen LogP contribution in [0.2, 0.25) is 0 Å². The van der Waals surface area contributed by atoms with E-state index in [2.05, 4.69) is 5.32 Å². The topological polar surface area (TPSA) is 83.5 Å². The van der Waals surface area contributed by atoms with Gasteiger partial charge in [0.2, 0.25) is 5.91 Å². The molecule has 0 aromatic rings. The first kappa shape index (κ1) is 17.9. The third-order valence-corrected chi connectivity index (χ3v) is 3.45. The van der Waals surface area contributed by atoms with Crippen LogP contribution in [0.4, 0.5) is 0 Å². The van der Waals surface area contributed by atoms with E-state index in [0.717, 1.165) is 0 Å². The molecule has 0 rings (SSSR count). The Hall–Kier alpha value is -1.10. The van der Waals surface area contributed by atoms with Crippen LogP contribution < -0.4 is 5.32 Å². The van der Waals surface area contributed by atoms with Gasteiger partial charge in [-0.3, -0.25) is 9.59 Å². The molecule has 0 saturated heterocycles. The van der Waals surface area contributed by atoms with E-state index in [1.54, 1.807) is 34.6 Å². The van der Waals surface area contributed by atoms with Gasteiger partial charge in [0.1, 0.15) is 11.8 Å². The number of carbonyl (C=O) groups is 3. The quantitative estimate of drug-likeness (QED) is 0.731. The molecule has 0 aromatic carbocycles. The number of carbonyl (C=O) groups excluding carboxylic acids is 2. The number of carboxylic acid groups (broad SMARTS) is 1. The average Bonchev–Trinajstić information content (AvgIpc) is 2.26. The molecule has 5 nitrogen and oxygen atoms in total. The van der Waals surface area contributed by atoms with E-state index in [1.165, 1.54) is 0 Å². The fourth-order valence-electron chi connectivity index (χ4n) is 1.11.